The van der Waals surface area contributed by atoms with Crippen molar-refractivity contribution >= 4 is 22.5 Å². The quantitative estimate of drug-likeness (QED) is 0.535. The second-order valence-electron chi connectivity index (χ2n) is 10.4. The monoisotopic (exact) mass is 518 g/mol. The molecule has 0 saturated carbocycles. The first-order valence-corrected chi connectivity index (χ1v) is 12.8. The molecule has 1 amide bonds. The van der Waals surface area contributed by atoms with Crippen LogP contribution in [-0.4, -0.2) is 65.2 Å². The van der Waals surface area contributed by atoms with E-state index in [1.54, 1.807) is 13.8 Å². The fourth-order valence-corrected chi connectivity index (χ4v) is 5.34. The number of nitriles is 1. The molecule has 3 fully saturated rings. The van der Waals surface area contributed by atoms with Gasteiger partial charge in [0.15, 0.2) is 11.6 Å². The highest BCUT2D eigenvalue weighted by Gasteiger charge is 2.29. The molecule has 1 N–H and O–H groups in total. The van der Waals surface area contributed by atoms with Crippen molar-refractivity contribution < 1.29 is 13.9 Å². The van der Waals surface area contributed by atoms with E-state index in [-0.39, 0.29) is 23.7 Å². The number of carbonyl (C=O) groups is 1. The molecule has 10 heteroatoms. The number of methoxy groups -OCH3 is 1. The van der Waals surface area contributed by atoms with E-state index in [4.69, 9.17) is 9.72 Å². The van der Waals surface area contributed by atoms with Crippen molar-refractivity contribution in [1.29, 1.82) is 5.26 Å². The molecule has 38 heavy (non-hydrogen) atoms. The first-order valence-electron chi connectivity index (χ1n) is 12.8. The molecule has 0 aliphatic carbocycles. The maximum absolute atomic E-state index is 14.2. The van der Waals surface area contributed by atoms with Crippen LogP contribution in [0.2, 0.25) is 0 Å². The van der Waals surface area contributed by atoms with Gasteiger partial charge in [-0.1, -0.05) is 0 Å². The average Bonchev–Trinajstić information content (AvgIpc) is 3.24. The topological polar surface area (TPSA) is 103 Å². The van der Waals surface area contributed by atoms with Gasteiger partial charge in [-0.15, -0.1) is 0 Å². The number of hydrogen-bond donors (Lipinski definition) is 1. The molecule has 6 rings (SSSR count). The number of hydrogen-bond acceptors (Lipinski definition) is 7. The molecule has 1 aromatic heterocycles. The molecule has 0 unspecified atom stereocenters. The largest absolute Gasteiger partial charge is 0.494 e. The highest BCUT2D eigenvalue weighted by atomic mass is 19.1. The van der Waals surface area contributed by atoms with E-state index >= 15 is 0 Å². The third-order valence-corrected chi connectivity index (χ3v) is 7.37. The Morgan fingerprint density at radius 2 is 1.95 bits per heavy atom. The minimum Gasteiger partial charge on any atom is -0.494 e. The van der Waals surface area contributed by atoms with Crippen molar-refractivity contribution in [3.8, 4) is 23.2 Å². The maximum atomic E-state index is 14.2. The van der Waals surface area contributed by atoms with Gasteiger partial charge in [0.05, 0.1) is 24.1 Å². The molecule has 0 spiro atoms. The van der Waals surface area contributed by atoms with Gasteiger partial charge in [0, 0.05) is 43.5 Å². The van der Waals surface area contributed by atoms with Crippen LogP contribution in [0.4, 0.5) is 10.1 Å². The zero-order valence-corrected chi connectivity index (χ0v) is 21.8. The zero-order chi connectivity index (χ0) is 27.0. The average molecular weight is 519 g/mol. The molecule has 3 aliphatic rings. The lowest BCUT2D eigenvalue weighted by Crippen LogP contribution is -2.45. The van der Waals surface area contributed by atoms with Gasteiger partial charge in [-0.3, -0.25) is 14.2 Å². The van der Waals surface area contributed by atoms with E-state index in [1.807, 2.05) is 24.3 Å². The summed E-state index contributed by atoms with van der Waals surface area (Å²) in [6, 6.07) is 12.3. The van der Waals surface area contributed by atoms with Crippen LogP contribution in [0, 0.1) is 17.1 Å². The first-order chi connectivity index (χ1) is 18.2. The molecule has 0 radical (unpaired) electrons. The highest BCUT2D eigenvalue weighted by Crippen LogP contribution is 2.30. The summed E-state index contributed by atoms with van der Waals surface area (Å²) in [7, 11) is 1.36. The number of benzene rings is 2. The predicted octanol–water partition coefficient (Wildman–Crippen LogP) is 2.91. The third kappa shape index (κ3) is 4.94. The number of amides is 1. The molecule has 2 aromatic carbocycles. The maximum Gasteiger partial charge on any atom is 0.262 e. The molecule has 2 bridgehead atoms. The minimum atomic E-state index is -1.11. The Kier molecular flexibility index (Phi) is 6.80. The van der Waals surface area contributed by atoms with Gasteiger partial charge >= 0.3 is 0 Å². The van der Waals surface area contributed by atoms with Gasteiger partial charge in [0.2, 0.25) is 5.91 Å². The lowest BCUT2D eigenvalue weighted by Gasteiger charge is -2.33. The Balaban J connectivity index is 1.62. The molecule has 3 aliphatic heterocycles. The second kappa shape index (κ2) is 10.1. The number of halogens is 1. The van der Waals surface area contributed by atoms with E-state index in [1.165, 1.54) is 29.9 Å². The van der Waals surface area contributed by atoms with Crippen molar-refractivity contribution in [2.75, 3.05) is 38.2 Å². The van der Waals surface area contributed by atoms with Gasteiger partial charge < -0.3 is 19.9 Å². The van der Waals surface area contributed by atoms with E-state index in [0.29, 0.717) is 22.5 Å². The summed E-state index contributed by atoms with van der Waals surface area (Å²) in [5.74, 6) is -0.850. The summed E-state index contributed by atoms with van der Waals surface area (Å²) in [5, 5.41) is 12.4. The van der Waals surface area contributed by atoms with Gasteiger partial charge in [0.25, 0.3) is 5.56 Å². The molecule has 3 saturated heterocycles. The Morgan fingerprint density at radius 3 is 2.66 bits per heavy atom. The molecular formula is C28H31FN6O3. The number of rotatable bonds is 6. The lowest BCUT2D eigenvalue weighted by atomic mass is 10.0. The summed E-state index contributed by atoms with van der Waals surface area (Å²) in [4.78, 5) is 36.4. The van der Waals surface area contributed by atoms with Crippen molar-refractivity contribution in [3.63, 3.8) is 0 Å². The van der Waals surface area contributed by atoms with Crippen LogP contribution >= 0.6 is 0 Å². The Labute approximate surface area is 220 Å². The molecule has 4 heterocycles. The normalized spacial score (nSPS) is 19.2. The first kappa shape index (κ1) is 25.7. The van der Waals surface area contributed by atoms with Crippen LogP contribution in [-0.2, 0) is 11.3 Å². The van der Waals surface area contributed by atoms with Crippen molar-refractivity contribution in [3.05, 3.63) is 52.6 Å². The highest BCUT2D eigenvalue weighted by molar-refractivity contribution is 5.85. The molecule has 0 atom stereocenters. The fourth-order valence-electron chi connectivity index (χ4n) is 5.34. The fraction of sp³-hybridized carbons (Fsp3) is 0.429. The van der Waals surface area contributed by atoms with Crippen LogP contribution in [0.15, 0.2) is 41.2 Å². The second-order valence-corrected chi connectivity index (χ2v) is 10.4. The van der Waals surface area contributed by atoms with Gasteiger partial charge in [-0.05, 0) is 63.1 Å². The third-order valence-electron chi connectivity index (χ3n) is 7.37. The van der Waals surface area contributed by atoms with E-state index in [0.717, 1.165) is 44.7 Å². The van der Waals surface area contributed by atoms with Gasteiger partial charge in [-0.2, -0.15) is 5.26 Å². The SMILES string of the molecule is COc1cc(-c2nc3ccc(N4CCN5CCC4CC5)cc3c(=O)n2CC(=O)NC(C)(C)C#N)ccc1F. The standard InChI is InChI=1S/C28H31FN6O3/c1-28(2,17-30)32-25(36)16-35-26(18-4-6-22(29)24(14-18)38-3)31-23-7-5-20(15-21(23)27(35)37)34-13-12-33-10-8-19(34)9-11-33/h4-7,14-15,19H,8-13,16H2,1-3H3,(H,32,36). The summed E-state index contributed by atoms with van der Waals surface area (Å²) >= 11 is 0. The van der Waals surface area contributed by atoms with Gasteiger partial charge in [-0.25, -0.2) is 9.37 Å². The van der Waals surface area contributed by atoms with Crippen LogP contribution in [0.5, 0.6) is 5.75 Å². The summed E-state index contributed by atoms with van der Waals surface area (Å²) in [5.41, 5.74) is 0.372. The lowest BCUT2D eigenvalue weighted by molar-refractivity contribution is -0.122. The number of nitrogens with one attached hydrogen (secondary N) is 1. The van der Waals surface area contributed by atoms with Crippen molar-refractivity contribution in [1.82, 2.24) is 19.8 Å². The van der Waals surface area contributed by atoms with E-state index in [2.05, 4.69) is 15.1 Å². The number of ether oxygens (including phenoxy) is 1. The predicted molar refractivity (Wildman–Crippen MR) is 143 cm³/mol. The zero-order valence-electron chi connectivity index (χ0n) is 21.8. The number of piperidine rings is 1. The smallest absolute Gasteiger partial charge is 0.262 e. The van der Waals surface area contributed by atoms with Crippen LogP contribution < -0.4 is 20.5 Å². The number of aromatic nitrogens is 2. The molecular weight excluding hydrogens is 487 g/mol. The van der Waals surface area contributed by atoms with E-state index in [9.17, 15) is 19.2 Å². The Bertz CT molecular complexity index is 1490. The molecule has 3 aromatic rings. The van der Waals surface area contributed by atoms with Crippen LogP contribution in [0.3, 0.4) is 0 Å². The Morgan fingerprint density at radius 1 is 1.18 bits per heavy atom. The minimum absolute atomic E-state index is 0.000537. The van der Waals surface area contributed by atoms with Crippen LogP contribution in [0.25, 0.3) is 22.3 Å². The molecule has 198 valence electrons. The molecule has 9 nitrogen and oxygen atoms in total. The van der Waals surface area contributed by atoms with Gasteiger partial charge in [0.1, 0.15) is 17.9 Å². The van der Waals surface area contributed by atoms with Crippen molar-refractivity contribution in [2.45, 2.75) is 44.8 Å². The summed E-state index contributed by atoms with van der Waals surface area (Å²) in [6.07, 6.45) is 2.17. The van der Waals surface area contributed by atoms with Crippen LogP contribution in [0.1, 0.15) is 26.7 Å². The summed E-state index contributed by atoms with van der Waals surface area (Å²) in [6.45, 7) is 6.84. The summed E-state index contributed by atoms with van der Waals surface area (Å²) < 4.78 is 20.6. The van der Waals surface area contributed by atoms with Crippen molar-refractivity contribution in [2.24, 2.45) is 0 Å². The number of fused-ring (bicyclic) bond motifs is 5. The number of anilines is 1. The van der Waals surface area contributed by atoms with E-state index < -0.39 is 17.3 Å². The number of carbonyl (C=O) groups excluding carboxylic acids is 1. The number of nitrogens with zero attached hydrogens (tertiary/aromatic N) is 5. The Hall–Kier alpha value is -3.97.